The average molecular weight is 486 g/mol. The predicted molar refractivity (Wildman–Crippen MR) is 147 cm³/mol. The standard InChI is InChI=1S/C32H39NO3/c34-26-30-23-29(20-21-31(30)35)32(36)25-33(24-28-18-12-8-13-19-28)22-14-6-4-2-1-3-5-9-15-27-16-10-7-11-17-27/h7-8,10-13,16-21,23,26,35H,1-6,9,14-15,22,24-25H2. The van der Waals surface area contributed by atoms with Crippen LogP contribution in [0.25, 0.3) is 0 Å². The fourth-order valence-electron chi connectivity index (χ4n) is 4.54. The van der Waals surface area contributed by atoms with Crippen LogP contribution >= 0.6 is 0 Å². The number of carbonyl (C=O) groups is 2. The second-order valence-electron chi connectivity index (χ2n) is 9.57. The van der Waals surface area contributed by atoms with Crippen LogP contribution in [0, 0.1) is 0 Å². The quantitative estimate of drug-likeness (QED) is 0.124. The summed E-state index contributed by atoms with van der Waals surface area (Å²) < 4.78 is 0. The van der Waals surface area contributed by atoms with Crippen molar-refractivity contribution >= 4 is 12.1 Å². The van der Waals surface area contributed by atoms with E-state index in [0.717, 1.165) is 19.4 Å². The molecule has 0 amide bonds. The van der Waals surface area contributed by atoms with E-state index in [4.69, 9.17) is 0 Å². The van der Waals surface area contributed by atoms with E-state index in [1.807, 2.05) is 18.2 Å². The molecule has 4 nitrogen and oxygen atoms in total. The minimum atomic E-state index is -0.0983. The van der Waals surface area contributed by atoms with Crippen LogP contribution in [0.2, 0.25) is 0 Å². The molecule has 190 valence electrons. The molecule has 0 fully saturated rings. The summed E-state index contributed by atoms with van der Waals surface area (Å²) in [5.41, 5.74) is 3.22. The van der Waals surface area contributed by atoms with E-state index in [9.17, 15) is 14.7 Å². The largest absolute Gasteiger partial charge is 0.507 e. The number of aromatic hydroxyl groups is 1. The topological polar surface area (TPSA) is 57.6 Å². The van der Waals surface area contributed by atoms with E-state index >= 15 is 0 Å². The van der Waals surface area contributed by atoms with E-state index in [0.29, 0.717) is 24.9 Å². The number of carbonyl (C=O) groups excluding carboxylic acids is 2. The van der Waals surface area contributed by atoms with Crippen molar-refractivity contribution in [3.8, 4) is 5.75 Å². The zero-order chi connectivity index (χ0) is 25.4. The number of ketones is 1. The summed E-state index contributed by atoms with van der Waals surface area (Å²) in [6.07, 6.45) is 11.6. The molecule has 0 aliphatic heterocycles. The van der Waals surface area contributed by atoms with Crippen molar-refractivity contribution in [2.45, 2.75) is 64.3 Å². The Morgan fingerprint density at radius 3 is 1.94 bits per heavy atom. The van der Waals surface area contributed by atoms with Gasteiger partial charge >= 0.3 is 0 Å². The summed E-state index contributed by atoms with van der Waals surface area (Å²) >= 11 is 0. The SMILES string of the molecule is O=Cc1cc(C(=O)CN(CCCCCCCCCCc2ccccc2)Cc2ccccc2)ccc1O. The molecule has 3 aromatic rings. The molecule has 0 saturated heterocycles. The molecule has 0 heterocycles. The Hall–Kier alpha value is -3.24. The van der Waals surface area contributed by atoms with E-state index in [1.54, 1.807) is 6.07 Å². The molecule has 0 aromatic heterocycles. The molecule has 0 atom stereocenters. The van der Waals surface area contributed by atoms with Gasteiger partial charge in [-0.15, -0.1) is 0 Å². The first-order chi connectivity index (χ1) is 17.7. The molecule has 36 heavy (non-hydrogen) atoms. The van der Waals surface area contributed by atoms with Gasteiger partial charge in [0.1, 0.15) is 5.75 Å². The fourth-order valence-corrected chi connectivity index (χ4v) is 4.54. The lowest BCUT2D eigenvalue weighted by Gasteiger charge is -2.22. The maximum atomic E-state index is 12.9. The lowest BCUT2D eigenvalue weighted by Crippen LogP contribution is -2.30. The van der Waals surface area contributed by atoms with Gasteiger partial charge < -0.3 is 5.11 Å². The summed E-state index contributed by atoms with van der Waals surface area (Å²) in [6, 6.07) is 25.4. The van der Waals surface area contributed by atoms with Crippen molar-refractivity contribution in [2.24, 2.45) is 0 Å². The zero-order valence-corrected chi connectivity index (χ0v) is 21.3. The van der Waals surface area contributed by atoms with Crippen LogP contribution in [-0.4, -0.2) is 35.2 Å². The fraction of sp³-hybridized carbons (Fsp3) is 0.375. The molecule has 0 aliphatic carbocycles. The van der Waals surface area contributed by atoms with Crippen LogP contribution in [-0.2, 0) is 13.0 Å². The van der Waals surface area contributed by atoms with Crippen LogP contribution in [0.5, 0.6) is 5.75 Å². The number of hydrogen-bond acceptors (Lipinski definition) is 4. The number of unbranched alkanes of at least 4 members (excludes halogenated alkanes) is 7. The second kappa shape index (κ2) is 15.7. The Balaban J connectivity index is 1.38. The minimum absolute atomic E-state index is 0.0375. The maximum absolute atomic E-state index is 12.9. The highest BCUT2D eigenvalue weighted by molar-refractivity contribution is 5.99. The molecule has 0 bridgehead atoms. The van der Waals surface area contributed by atoms with E-state index in [2.05, 4.69) is 47.4 Å². The van der Waals surface area contributed by atoms with Crippen molar-refractivity contribution in [3.63, 3.8) is 0 Å². The monoisotopic (exact) mass is 485 g/mol. The molecule has 0 saturated carbocycles. The molecular weight excluding hydrogens is 446 g/mol. The van der Waals surface area contributed by atoms with Crippen LogP contribution in [0.3, 0.4) is 0 Å². The third kappa shape index (κ3) is 9.79. The number of phenols is 1. The van der Waals surface area contributed by atoms with Gasteiger partial charge in [0.2, 0.25) is 0 Å². The normalized spacial score (nSPS) is 11.0. The van der Waals surface area contributed by atoms with Crippen LogP contribution < -0.4 is 0 Å². The second-order valence-corrected chi connectivity index (χ2v) is 9.57. The third-order valence-corrected chi connectivity index (χ3v) is 6.63. The third-order valence-electron chi connectivity index (χ3n) is 6.63. The van der Waals surface area contributed by atoms with E-state index < -0.39 is 0 Å². The van der Waals surface area contributed by atoms with Gasteiger partial charge in [0.15, 0.2) is 12.1 Å². The van der Waals surface area contributed by atoms with Crippen molar-refractivity contribution in [1.29, 1.82) is 0 Å². The van der Waals surface area contributed by atoms with Gasteiger partial charge in [-0.05, 0) is 55.1 Å². The number of rotatable bonds is 17. The molecular formula is C32H39NO3. The smallest absolute Gasteiger partial charge is 0.176 e. The summed E-state index contributed by atoms with van der Waals surface area (Å²) in [7, 11) is 0. The molecule has 0 unspecified atom stereocenters. The van der Waals surface area contributed by atoms with Crippen molar-refractivity contribution in [3.05, 3.63) is 101 Å². The number of aldehydes is 1. The average Bonchev–Trinajstić information content (AvgIpc) is 2.91. The van der Waals surface area contributed by atoms with Crippen LogP contribution in [0.1, 0.15) is 83.2 Å². The number of hydrogen-bond donors (Lipinski definition) is 1. The molecule has 0 spiro atoms. The number of benzene rings is 3. The lowest BCUT2D eigenvalue weighted by atomic mass is 10.0. The summed E-state index contributed by atoms with van der Waals surface area (Å²) in [6.45, 7) is 1.86. The van der Waals surface area contributed by atoms with Gasteiger partial charge in [0.25, 0.3) is 0 Å². The molecule has 3 aromatic carbocycles. The van der Waals surface area contributed by atoms with Crippen LogP contribution in [0.15, 0.2) is 78.9 Å². The molecule has 0 radical (unpaired) electrons. The number of nitrogens with zero attached hydrogens (tertiary/aromatic N) is 1. The first-order valence-corrected chi connectivity index (χ1v) is 13.3. The Morgan fingerprint density at radius 2 is 1.31 bits per heavy atom. The summed E-state index contributed by atoms with van der Waals surface area (Å²) in [4.78, 5) is 26.3. The zero-order valence-electron chi connectivity index (χ0n) is 21.3. The Kier molecular flexibility index (Phi) is 11.9. The maximum Gasteiger partial charge on any atom is 0.176 e. The van der Waals surface area contributed by atoms with E-state index in [-0.39, 0.29) is 17.1 Å². The van der Waals surface area contributed by atoms with E-state index in [1.165, 1.54) is 68.2 Å². The van der Waals surface area contributed by atoms with Crippen molar-refractivity contribution in [1.82, 2.24) is 4.90 Å². The number of aryl methyl sites for hydroxylation is 1. The van der Waals surface area contributed by atoms with Crippen molar-refractivity contribution < 1.29 is 14.7 Å². The summed E-state index contributed by atoms with van der Waals surface area (Å²) in [5.74, 6) is -0.136. The highest BCUT2D eigenvalue weighted by Gasteiger charge is 2.15. The van der Waals surface area contributed by atoms with Gasteiger partial charge in [-0.25, -0.2) is 0 Å². The van der Waals surface area contributed by atoms with Gasteiger partial charge in [-0.2, -0.15) is 0 Å². The molecule has 4 heteroatoms. The highest BCUT2D eigenvalue weighted by atomic mass is 16.3. The molecule has 3 rings (SSSR count). The first kappa shape index (κ1) is 27.3. The van der Waals surface area contributed by atoms with Crippen molar-refractivity contribution in [2.75, 3.05) is 13.1 Å². The summed E-state index contributed by atoms with van der Waals surface area (Å²) in [5, 5.41) is 9.74. The minimum Gasteiger partial charge on any atom is -0.507 e. The van der Waals surface area contributed by atoms with Gasteiger partial charge in [-0.3, -0.25) is 14.5 Å². The Morgan fingerprint density at radius 1 is 0.722 bits per heavy atom. The van der Waals surface area contributed by atoms with Crippen LogP contribution in [0.4, 0.5) is 0 Å². The molecule has 1 N–H and O–H groups in total. The number of Topliss-reactive ketones (excluding diaryl/α,β-unsaturated/α-hetero) is 1. The molecule has 0 aliphatic rings. The Bertz CT molecular complexity index is 1050. The van der Waals surface area contributed by atoms with Gasteiger partial charge in [0, 0.05) is 12.1 Å². The number of phenolic OH excluding ortho intramolecular Hbond substituents is 1. The van der Waals surface area contributed by atoms with Gasteiger partial charge in [-0.1, -0.05) is 99.2 Å². The highest BCUT2D eigenvalue weighted by Crippen LogP contribution is 2.18. The Labute approximate surface area is 216 Å². The predicted octanol–water partition coefficient (Wildman–Crippen LogP) is 7.25. The van der Waals surface area contributed by atoms with Gasteiger partial charge in [0.05, 0.1) is 12.1 Å². The first-order valence-electron chi connectivity index (χ1n) is 13.3. The lowest BCUT2D eigenvalue weighted by molar-refractivity contribution is 0.0924.